The predicted octanol–water partition coefficient (Wildman–Crippen LogP) is 4.73. The minimum Gasteiger partial charge on any atom is -0.497 e. The number of likely N-dealkylation sites (tertiary alicyclic amines) is 1. The molecule has 7 heteroatoms. The van der Waals surface area contributed by atoms with E-state index in [2.05, 4.69) is 21.5 Å². The molecule has 2 heterocycles. The number of nitrogens with one attached hydrogen (secondary N) is 1. The maximum absolute atomic E-state index is 12.9. The van der Waals surface area contributed by atoms with Gasteiger partial charge in [0, 0.05) is 17.8 Å². The van der Waals surface area contributed by atoms with E-state index in [1.807, 2.05) is 50.2 Å². The zero-order chi connectivity index (χ0) is 20.4. The summed E-state index contributed by atoms with van der Waals surface area (Å²) in [6.45, 7) is 4.68. The van der Waals surface area contributed by atoms with Gasteiger partial charge < -0.3 is 19.5 Å². The first-order valence-corrected chi connectivity index (χ1v) is 9.67. The Morgan fingerprint density at radius 2 is 2.00 bits per heavy atom. The number of rotatable bonds is 4. The molecular weight excluding hydrogens is 368 g/mol. The van der Waals surface area contributed by atoms with E-state index in [4.69, 9.17) is 9.26 Å². The fourth-order valence-electron chi connectivity index (χ4n) is 3.76. The highest BCUT2D eigenvalue weighted by atomic mass is 16.5. The van der Waals surface area contributed by atoms with Gasteiger partial charge in [0.15, 0.2) is 0 Å². The Labute approximate surface area is 169 Å². The van der Waals surface area contributed by atoms with E-state index in [0.717, 1.165) is 41.0 Å². The van der Waals surface area contributed by atoms with Crippen LogP contribution in [0.1, 0.15) is 35.9 Å². The molecule has 1 atom stereocenters. The van der Waals surface area contributed by atoms with E-state index < -0.39 is 0 Å². The molecule has 1 aliphatic heterocycles. The molecule has 1 aliphatic rings. The number of benzene rings is 2. The van der Waals surface area contributed by atoms with E-state index in [1.165, 1.54) is 0 Å². The molecule has 2 aromatic carbocycles. The second-order valence-corrected chi connectivity index (χ2v) is 7.35. The van der Waals surface area contributed by atoms with Gasteiger partial charge in [0.05, 0.1) is 7.11 Å². The molecule has 2 amide bonds. The number of hydrogen-bond acceptors (Lipinski definition) is 5. The molecule has 1 aromatic heterocycles. The van der Waals surface area contributed by atoms with Crippen LogP contribution < -0.4 is 10.1 Å². The Hall–Kier alpha value is -3.35. The summed E-state index contributed by atoms with van der Waals surface area (Å²) in [7, 11) is 1.62. The summed E-state index contributed by atoms with van der Waals surface area (Å²) < 4.78 is 10.8. The highest BCUT2D eigenvalue weighted by Gasteiger charge is 2.34. The van der Waals surface area contributed by atoms with Crippen molar-refractivity contribution in [3.05, 3.63) is 59.5 Å². The normalized spacial score (nSPS) is 16.1. The molecule has 150 valence electrons. The minimum atomic E-state index is -0.229. The van der Waals surface area contributed by atoms with Crippen LogP contribution in [-0.2, 0) is 0 Å². The summed E-state index contributed by atoms with van der Waals surface area (Å²) >= 11 is 0. The molecule has 4 rings (SSSR count). The molecule has 1 saturated heterocycles. The lowest BCUT2D eigenvalue weighted by atomic mass is 10.1. The lowest BCUT2D eigenvalue weighted by molar-refractivity contribution is 0.193. The van der Waals surface area contributed by atoms with Gasteiger partial charge in [0.1, 0.15) is 11.8 Å². The van der Waals surface area contributed by atoms with Crippen molar-refractivity contribution in [3.8, 4) is 17.1 Å². The summed E-state index contributed by atoms with van der Waals surface area (Å²) in [4.78, 5) is 19.2. The third kappa shape index (κ3) is 4.08. The Balaban J connectivity index is 1.52. The number of carbonyl (C=O) groups excluding carboxylic acids is 1. The molecule has 29 heavy (non-hydrogen) atoms. The highest BCUT2D eigenvalue weighted by Crippen LogP contribution is 2.33. The monoisotopic (exact) mass is 392 g/mol. The standard InChI is InChI=1S/C22H24N4O3/c1-14-10-15(2)12-17(11-14)23-22(27)26-9-5-8-19(26)21-24-20(25-29-21)16-6-4-7-18(13-16)28-3/h4,6-7,10-13,19H,5,8-9H2,1-3H3,(H,23,27). The fourth-order valence-corrected chi connectivity index (χ4v) is 3.76. The third-order valence-corrected chi connectivity index (χ3v) is 5.04. The Morgan fingerprint density at radius 3 is 2.76 bits per heavy atom. The lowest BCUT2D eigenvalue weighted by Crippen LogP contribution is -2.34. The number of urea groups is 1. The summed E-state index contributed by atoms with van der Waals surface area (Å²) in [5, 5.41) is 7.11. The molecule has 0 saturated carbocycles. The van der Waals surface area contributed by atoms with Crippen LogP contribution in [0.3, 0.4) is 0 Å². The molecule has 0 spiro atoms. The number of anilines is 1. The van der Waals surface area contributed by atoms with Crippen molar-refractivity contribution < 1.29 is 14.1 Å². The number of aromatic nitrogens is 2. The largest absolute Gasteiger partial charge is 0.497 e. The van der Waals surface area contributed by atoms with E-state index in [1.54, 1.807) is 12.0 Å². The Kier molecular flexibility index (Phi) is 5.20. The van der Waals surface area contributed by atoms with Crippen LogP contribution in [0, 0.1) is 13.8 Å². The van der Waals surface area contributed by atoms with Gasteiger partial charge in [-0.05, 0) is 62.1 Å². The van der Waals surface area contributed by atoms with Crippen molar-refractivity contribution in [2.75, 3.05) is 19.0 Å². The van der Waals surface area contributed by atoms with Crippen molar-refractivity contribution >= 4 is 11.7 Å². The molecule has 0 radical (unpaired) electrons. The lowest BCUT2D eigenvalue weighted by Gasteiger charge is -2.22. The van der Waals surface area contributed by atoms with Gasteiger partial charge in [-0.15, -0.1) is 0 Å². The fraction of sp³-hybridized carbons (Fsp3) is 0.318. The van der Waals surface area contributed by atoms with Crippen LogP contribution in [0.4, 0.5) is 10.5 Å². The Morgan fingerprint density at radius 1 is 1.21 bits per heavy atom. The number of nitrogens with zero attached hydrogens (tertiary/aromatic N) is 3. The smallest absolute Gasteiger partial charge is 0.322 e. The zero-order valence-corrected chi connectivity index (χ0v) is 16.8. The third-order valence-electron chi connectivity index (χ3n) is 5.04. The maximum atomic E-state index is 12.9. The van der Waals surface area contributed by atoms with Crippen molar-refractivity contribution in [1.82, 2.24) is 15.0 Å². The SMILES string of the molecule is COc1cccc(-c2noc(C3CCCN3C(=O)Nc3cc(C)cc(C)c3)n2)c1. The highest BCUT2D eigenvalue weighted by molar-refractivity contribution is 5.90. The summed E-state index contributed by atoms with van der Waals surface area (Å²) in [5.41, 5.74) is 3.82. The topological polar surface area (TPSA) is 80.5 Å². The van der Waals surface area contributed by atoms with E-state index >= 15 is 0 Å². The van der Waals surface area contributed by atoms with Gasteiger partial charge in [0.2, 0.25) is 11.7 Å². The molecule has 1 fully saturated rings. The quantitative estimate of drug-likeness (QED) is 0.694. The molecule has 0 aliphatic carbocycles. The van der Waals surface area contributed by atoms with Crippen molar-refractivity contribution in [3.63, 3.8) is 0 Å². The number of aryl methyl sites for hydroxylation is 2. The van der Waals surface area contributed by atoms with Gasteiger partial charge in [-0.3, -0.25) is 0 Å². The average molecular weight is 392 g/mol. The van der Waals surface area contributed by atoms with Crippen LogP contribution in [0.5, 0.6) is 5.75 Å². The van der Waals surface area contributed by atoms with Crippen molar-refractivity contribution in [2.24, 2.45) is 0 Å². The van der Waals surface area contributed by atoms with E-state index in [-0.39, 0.29) is 12.1 Å². The second kappa shape index (κ2) is 7.95. The Bertz CT molecular complexity index is 1010. The first-order chi connectivity index (χ1) is 14.0. The zero-order valence-electron chi connectivity index (χ0n) is 16.8. The van der Waals surface area contributed by atoms with Gasteiger partial charge in [-0.2, -0.15) is 4.98 Å². The van der Waals surface area contributed by atoms with E-state index in [0.29, 0.717) is 18.3 Å². The predicted molar refractivity (Wildman–Crippen MR) is 110 cm³/mol. The minimum absolute atomic E-state index is 0.154. The van der Waals surface area contributed by atoms with Gasteiger partial charge in [-0.25, -0.2) is 4.79 Å². The van der Waals surface area contributed by atoms with Crippen LogP contribution >= 0.6 is 0 Å². The number of methoxy groups -OCH3 is 1. The molecular formula is C22H24N4O3. The van der Waals surface area contributed by atoms with Crippen molar-refractivity contribution in [2.45, 2.75) is 32.7 Å². The van der Waals surface area contributed by atoms with Gasteiger partial charge in [-0.1, -0.05) is 23.4 Å². The van der Waals surface area contributed by atoms with Crippen LogP contribution in [0.15, 0.2) is 47.0 Å². The summed E-state index contributed by atoms with van der Waals surface area (Å²) in [6.07, 6.45) is 1.68. The first kappa shape index (κ1) is 19.0. The van der Waals surface area contributed by atoms with Crippen LogP contribution in [0.2, 0.25) is 0 Å². The van der Waals surface area contributed by atoms with Gasteiger partial charge >= 0.3 is 6.03 Å². The van der Waals surface area contributed by atoms with Gasteiger partial charge in [0.25, 0.3) is 0 Å². The number of hydrogen-bond donors (Lipinski definition) is 1. The molecule has 1 unspecified atom stereocenters. The molecule has 3 aromatic rings. The number of carbonyl (C=O) groups is 1. The summed E-state index contributed by atoms with van der Waals surface area (Å²) in [5.74, 6) is 1.67. The summed E-state index contributed by atoms with van der Waals surface area (Å²) in [6, 6.07) is 13.1. The number of amides is 2. The first-order valence-electron chi connectivity index (χ1n) is 9.67. The van der Waals surface area contributed by atoms with E-state index in [9.17, 15) is 4.79 Å². The van der Waals surface area contributed by atoms with Crippen LogP contribution in [-0.4, -0.2) is 34.7 Å². The number of ether oxygens (including phenoxy) is 1. The maximum Gasteiger partial charge on any atom is 0.322 e. The molecule has 7 nitrogen and oxygen atoms in total. The molecule has 0 bridgehead atoms. The van der Waals surface area contributed by atoms with Crippen LogP contribution in [0.25, 0.3) is 11.4 Å². The average Bonchev–Trinajstić information content (AvgIpc) is 3.36. The second-order valence-electron chi connectivity index (χ2n) is 7.35. The molecule has 1 N–H and O–H groups in total. The van der Waals surface area contributed by atoms with Crippen molar-refractivity contribution in [1.29, 1.82) is 0 Å².